The maximum absolute atomic E-state index is 11.0. The van der Waals surface area contributed by atoms with Crippen LogP contribution in [0.4, 0.5) is 17.1 Å². The number of fused-ring (bicyclic) bond motifs is 1. The number of nitrogens with zero attached hydrogens (tertiary/aromatic N) is 3. The molecule has 9 nitrogen and oxygen atoms in total. The topological polar surface area (TPSA) is 129 Å². The summed E-state index contributed by atoms with van der Waals surface area (Å²) in [6, 6.07) is 4.44. The third kappa shape index (κ3) is 1.90. The number of non-ortho nitro benzene ring substituents is 2. The van der Waals surface area contributed by atoms with Gasteiger partial charge in [-0.15, -0.1) is 0 Å². The van der Waals surface area contributed by atoms with Crippen molar-refractivity contribution in [2.75, 3.05) is 0 Å². The van der Waals surface area contributed by atoms with Crippen molar-refractivity contribution in [3.63, 3.8) is 0 Å². The molecule has 2 aromatic carbocycles. The molecule has 0 amide bonds. The van der Waals surface area contributed by atoms with E-state index >= 15 is 0 Å². The molecule has 0 saturated heterocycles. The minimum absolute atomic E-state index is 0.0557. The Morgan fingerprint density at radius 3 is 1.90 bits per heavy atom. The summed E-state index contributed by atoms with van der Waals surface area (Å²) in [5, 5.41) is 32.6. The molecule has 2 aromatic rings. The summed E-state index contributed by atoms with van der Waals surface area (Å²) < 4.78 is 0. The minimum atomic E-state index is -0.856. The van der Waals surface area contributed by atoms with Crippen molar-refractivity contribution in [3.8, 4) is 0 Å². The molecule has 0 spiro atoms. The van der Waals surface area contributed by atoms with Crippen LogP contribution in [0.25, 0.3) is 10.8 Å². The molecule has 101 valence electrons. The lowest BCUT2D eigenvalue weighted by Crippen LogP contribution is -1.99. The lowest BCUT2D eigenvalue weighted by molar-refractivity contribution is -0.393. The fourth-order valence-corrected chi connectivity index (χ4v) is 1.96. The van der Waals surface area contributed by atoms with E-state index in [-0.39, 0.29) is 16.3 Å². The van der Waals surface area contributed by atoms with Gasteiger partial charge >= 0.3 is 0 Å². The molecule has 0 aliphatic carbocycles. The summed E-state index contributed by atoms with van der Waals surface area (Å²) in [4.78, 5) is 30.4. The number of rotatable bonds is 3. The van der Waals surface area contributed by atoms with Crippen LogP contribution < -0.4 is 0 Å². The third-order valence-electron chi connectivity index (χ3n) is 2.79. The van der Waals surface area contributed by atoms with Crippen LogP contribution in [0.5, 0.6) is 0 Å². The Morgan fingerprint density at radius 1 is 0.850 bits per heavy atom. The highest BCUT2D eigenvalue weighted by atomic mass is 16.6. The van der Waals surface area contributed by atoms with Crippen molar-refractivity contribution in [1.29, 1.82) is 0 Å². The Balaban J connectivity index is 3.07. The Morgan fingerprint density at radius 2 is 1.40 bits per heavy atom. The molecular formula is C11H6N3O6. The standard InChI is InChI=1S/C11H6N3O6/c1-6-9(13(17)18)5-10(14(19)20)7-3-2-4-8(11(6)7)12(15)16/h2-5H,1H2. The van der Waals surface area contributed by atoms with Gasteiger partial charge in [0, 0.05) is 11.6 Å². The lowest BCUT2D eigenvalue weighted by atomic mass is 10.0. The van der Waals surface area contributed by atoms with E-state index in [1.165, 1.54) is 12.1 Å². The highest BCUT2D eigenvalue weighted by Gasteiger charge is 2.27. The van der Waals surface area contributed by atoms with Gasteiger partial charge in [0.1, 0.15) is 0 Å². The van der Waals surface area contributed by atoms with E-state index in [1.807, 2.05) is 0 Å². The van der Waals surface area contributed by atoms with E-state index in [0.717, 1.165) is 12.1 Å². The smallest absolute Gasteiger partial charge is 0.258 e. The molecule has 0 heterocycles. The van der Waals surface area contributed by atoms with Crippen LogP contribution in [0.2, 0.25) is 0 Å². The second-order valence-corrected chi connectivity index (χ2v) is 3.86. The summed E-state index contributed by atoms with van der Waals surface area (Å²) in [7, 11) is 0. The van der Waals surface area contributed by atoms with Gasteiger partial charge in [0.05, 0.1) is 31.6 Å². The molecular weight excluding hydrogens is 270 g/mol. The zero-order valence-corrected chi connectivity index (χ0v) is 9.81. The first kappa shape index (κ1) is 13.3. The largest absolute Gasteiger partial charge is 0.284 e. The first-order chi connectivity index (χ1) is 9.34. The average Bonchev–Trinajstić information content (AvgIpc) is 2.37. The molecule has 0 aliphatic rings. The summed E-state index contributed by atoms with van der Waals surface area (Å²) in [5.41, 5.74) is -1.87. The zero-order chi connectivity index (χ0) is 15.0. The van der Waals surface area contributed by atoms with E-state index in [9.17, 15) is 30.3 Å². The van der Waals surface area contributed by atoms with Gasteiger partial charge in [-0.25, -0.2) is 0 Å². The van der Waals surface area contributed by atoms with Crippen LogP contribution in [-0.4, -0.2) is 14.8 Å². The van der Waals surface area contributed by atoms with Gasteiger partial charge in [-0.1, -0.05) is 6.07 Å². The van der Waals surface area contributed by atoms with Gasteiger partial charge < -0.3 is 0 Å². The maximum Gasteiger partial charge on any atom is 0.284 e. The van der Waals surface area contributed by atoms with Crippen LogP contribution >= 0.6 is 0 Å². The van der Waals surface area contributed by atoms with Crippen molar-refractivity contribution >= 4 is 27.8 Å². The molecule has 9 heteroatoms. The minimum Gasteiger partial charge on any atom is -0.258 e. The fraction of sp³-hybridized carbons (Fsp3) is 0. The van der Waals surface area contributed by atoms with Crippen molar-refractivity contribution in [2.45, 2.75) is 0 Å². The Labute approximate surface area is 110 Å². The molecule has 0 saturated carbocycles. The second kappa shape index (κ2) is 4.53. The molecule has 0 N–H and O–H groups in total. The predicted molar refractivity (Wildman–Crippen MR) is 68.4 cm³/mol. The molecule has 0 fully saturated rings. The Kier molecular flexibility index (Phi) is 3.02. The molecule has 0 unspecified atom stereocenters. The Hall–Kier alpha value is -3.10. The maximum atomic E-state index is 11.0. The van der Waals surface area contributed by atoms with Gasteiger partial charge in [-0.05, 0) is 13.0 Å². The molecule has 2 rings (SSSR count). The van der Waals surface area contributed by atoms with Crippen molar-refractivity contribution in [2.24, 2.45) is 0 Å². The number of hydrogen-bond acceptors (Lipinski definition) is 6. The monoisotopic (exact) mass is 276 g/mol. The average molecular weight is 276 g/mol. The highest BCUT2D eigenvalue weighted by molar-refractivity contribution is 6.02. The van der Waals surface area contributed by atoms with Gasteiger partial charge in [-0.2, -0.15) is 0 Å². The summed E-state index contributed by atoms with van der Waals surface area (Å²) in [6.07, 6.45) is 0. The Bertz CT molecular complexity index is 770. The second-order valence-electron chi connectivity index (χ2n) is 3.86. The van der Waals surface area contributed by atoms with Crippen LogP contribution in [-0.2, 0) is 0 Å². The number of hydrogen-bond donors (Lipinski definition) is 0. The molecule has 0 bridgehead atoms. The van der Waals surface area contributed by atoms with Crippen LogP contribution in [0.15, 0.2) is 24.3 Å². The first-order valence-electron chi connectivity index (χ1n) is 5.19. The molecule has 20 heavy (non-hydrogen) atoms. The molecule has 1 radical (unpaired) electrons. The normalized spacial score (nSPS) is 10.4. The summed E-state index contributed by atoms with van der Waals surface area (Å²) in [5.74, 6) is 0. The number of nitro benzene ring substituents is 3. The zero-order valence-electron chi connectivity index (χ0n) is 9.81. The number of nitro groups is 3. The third-order valence-corrected chi connectivity index (χ3v) is 2.79. The predicted octanol–water partition coefficient (Wildman–Crippen LogP) is 2.75. The molecule has 0 atom stereocenters. The number of benzene rings is 2. The molecule has 0 aromatic heterocycles. The first-order valence-corrected chi connectivity index (χ1v) is 5.19. The van der Waals surface area contributed by atoms with Crippen LogP contribution in [0, 0.1) is 37.3 Å². The van der Waals surface area contributed by atoms with Crippen molar-refractivity contribution < 1.29 is 14.8 Å². The van der Waals surface area contributed by atoms with E-state index in [2.05, 4.69) is 6.92 Å². The lowest BCUT2D eigenvalue weighted by Gasteiger charge is -2.05. The van der Waals surface area contributed by atoms with Gasteiger partial charge in [0.2, 0.25) is 0 Å². The summed E-state index contributed by atoms with van der Waals surface area (Å²) in [6.45, 7) is 3.44. The summed E-state index contributed by atoms with van der Waals surface area (Å²) >= 11 is 0. The van der Waals surface area contributed by atoms with Gasteiger partial charge in [0.25, 0.3) is 17.1 Å². The van der Waals surface area contributed by atoms with Crippen molar-refractivity contribution in [1.82, 2.24) is 0 Å². The van der Waals surface area contributed by atoms with E-state index in [4.69, 9.17) is 0 Å². The van der Waals surface area contributed by atoms with Gasteiger partial charge in [-0.3, -0.25) is 30.3 Å². The fourth-order valence-electron chi connectivity index (χ4n) is 1.96. The van der Waals surface area contributed by atoms with E-state index in [0.29, 0.717) is 0 Å². The van der Waals surface area contributed by atoms with Crippen LogP contribution in [0.3, 0.4) is 0 Å². The van der Waals surface area contributed by atoms with Crippen LogP contribution in [0.1, 0.15) is 5.56 Å². The van der Waals surface area contributed by atoms with Gasteiger partial charge in [0.15, 0.2) is 0 Å². The van der Waals surface area contributed by atoms with E-state index in [1.54, 1.807) is 0 Å². The quantitative estimate of drug-likeness (QED) is 0.625. The molecule has 0 aliphatic heterocycles. The highest BCUT2D eigenvalue weighted by Crippen LogP contribution is 2.39. The SMILES string of the molecule is [CH2]c1c([N+](=O)[O-])cc([N+](=O)[O-])c2cccc([N+](=O)[O-])c12. The van der Waals surface area contributed by atoms with Crippen molar-refractivity contribution in [3.05, 3.63) is 67.1 Å². The van der Waals surface area contributed by atoms with E-state index < -0.39 is 31.8 Å².